The Morgan fingerprint density at radius 2 is 2.46 bits per heavy atom. The predicted octanol–water partition coefficient (Wildman–Crippen LogP) is 0.550. The van der Waals surface area contributed by atoms with Crippen molar-refractivity contribution in [2.75, 3.05) is 7.11 Å². The molecule has 0 unspecified atom stereocenters. The summed E-state index contributed by atoms with van der Waals surface area (Å²) in [6.45, 7) is 0. The Labute approximate surface area is 74.0 Å². The van der Waals surface area contributed by atoms with E-state index in [2.05, 4.69) is 10.1 Å². The highest BCUT2D eigenvalue weighted by molar-refractivity contribution is 5.74. The Balaban J connectivity index is 2.74. The van der Waals surface area contributed by atoms with Crippen molar-refractivity contribution < 1.29 is 9.53 Å². The fraction of sp³-hybridized carbons (Fsp3) is 0.125. The summed E-state index contributed by atoms with van der Waals surface area (Å²) in [6, 6.07) is 3.27. The monoisotopic (exact) mass is 177 g/mol. The molecule has 0 aliphatic carbocycles. The number of aromatic nitrogens is 3. The molecular weight excluding hydrogens is 170 g/mol. The van der Waals surface area contributed by atoms with Crippen LogP contribution in [0.1, 0.15) is 10.5 Å². The van der Waals surface area contributed by atoms with Crippen molar-refractivity contribution in [1.82, 2.24) is 14.6 Å². The lowest BCUT2D eigenvalue weighted by Crippen LogP contribution is -1.96. The maximum Gasteiger partial charge on any atom is 0.217 e. The largest absolute Gasteiger partial charge is 0.481 e. The molecule has 0 saturated carbocycles. The number of rotatable bonds is 2. The second-order valence-corrected chi connectivity index (χ2v) is 2.44. The van der Waals surface area contributed by atoms with E-state index in [1.165, 1.54) is 11.6 Å². The van der Waals surface area contributed by atoms with E-state index in [4.69, 9.17) is 4.74 Å². The molecule has 0 bridgehead atoms. The van der Waals surface area contributed by atoms with Gasteiger partial charge in [-0.25, -0.2) is 4.98 Å². The van der Waals surface area contributed by atoms with Gasteiger partial charge < -0.3 is 4.74 Å². The standard InChI is InChI=1S/C8H7N3O2/c1-13-8-2-3-9-7-4-6(5-12)10-11(7)8/h2-5H,1H3. The van der Waals surface area contributed by atoms with Crippen molar-refractivity contribution in [3.63, 3.8) is 0 Å². The lowest BCUT2D eigenvalue weighted by atomic mass is 10.5. The predicted molar refractivity (Wildman–Crippen MR) is 44.9 cm³/mol. The number of carbonyl (C=O) groups is 1. The van der Waals surface area contributed by atoms with Crippen LogP contribution in [-0.2, 0) is 0 Å². The number of nitrogens with zero attached hydrogens (tertiary/aromatic N) is 3. The maximum atomic E-state index is 10.4. The van der Waals surface area contributed by atoms with Crippen molar-refractivity contribution in [3.05, 3.63) is 24.0 Å². The minimum Gasteiger partial charge on any atom is -0.481 e. The van der Waals surface area contributed by atoms with E-state index in [1.807, 2.05) is 0 Å². The van der Waals surface area contributed by atoms with E-state index >= 15 is 0 Å². The molecular formula is C8H7N3O2. The molecule has 13 heavy (non-hydrogen) atoms. The average molecular weight is 177 g/mol. The summed E-state index contributed by atoms with van der Waals surface area (Å²) in [6.07, 6.45) is 2.28. The molecule has 66 valence electrons. The first-order chi connectivity index (χ1) is 6.35. The maximum absolute atomic E-state index is 10.4. The van der Waals surface area contributed by atoms with Crippen LogP contribution in [0.4, 0.5) is 0 Å². The zero-order valence-corrected chi connectivity index (χ0v) is 6.97. The van der Waals surface area contributed by atoms with Gasteiger partial charge in [0.2, 0.25) is 5.88 Å². The molecule has 0 saturated heterocycles. The van der Waals surface area contributed by atoms with Crippen LogP contribution in [0, 0.1) is 0 Å². The molecule has 0 aliphatic rings. The SMILES string of the molecule is COc1ccnc2cc(C=O)nn12. The highest BCUT2D eigenvalue weighted by Crippen LogP contribution is 2.11. The number of hydrogen-bond donors (Lipinski definition) is 0. The molecule has 2 aromatic heterocycles. The lowest BCUT2D eigenvalue weighted by Gasteiger charge is -1.99. The number of hydrogen-bond acceptors (Lipinski definition) is 4. The zero-order valence-electron chi connectivity index (χ0n) is 6.97. The fourth-order valence-electron chi connectivity index (χ4n) is 1.10. The number of aldehydes is 1. The van der Waals surface area contributed by atoms with Crippen LogP contribution in [0.5, 0.6) is 5.88 Å². The average Bonchev–Trinajstić information content (AvgIpc) is 2.59. The molecule has 0 amide bonds. The van der Waals surface area contributed by atoms with Crippen LogP contribution in [0.3, 0.4) is 0 Å². The van der Waals surface area contributed by atoms with Gasteiger partial charge in [-0.15, -0.1) is 0 Å². The molecule has 5 nitrogen and oxygen atoms in total. The first-order valence-electron chi connectivity index (χ1n) is 3.69. The molecule has 0 radical (unpaired) electrons. The minimum atomic E-state index is 0.344. The van der Waals surface area contributed by atoms with E-state index in [0.29, 0.717) is 23.5 Å². The minimum absolute atomic E-state index is 0.344. The van der Waals surface area contributed by atoms with Gasteiger partial charge in [-0.05, 0) is 0 Å². The molecule has 0 fully saturated rings. The van der Waals surface area contributed by atoms with E-state index in [9.17, 15) is 4.79 Å². The Hall–Kier alpha value is -1.91. The van der Waals surface area contributed by atoms with Crippen LogP contribution in [-0.4, -0.2) is 28.0 Å². The van der Waals surface area contributed by atoms with E-state index in [0.717, 1.165) is 0 Å². The molecule has 0 aliphatic heterocycles. The van der Waals surface area contributed by atoms with Gasteiger partial charge >= 0.3 is 0 Å². The van der Waals surface area contributed by atoms with Gasteiger partial charge in [0, 0.05) is 18.3 Å². The third-order valence-electron chi connectivity index (χ3n) is 1.67. The lowest BCUT2D eigenvalue weighted by molar-refractivity contribution is 0.111. The van der Waals surface area contributed by atoms with Gasteiger partial charge in [0.25, 0.3) is 0 Å². The second kappa shape index (κ2) is 2.85. The van der Waals surface area contributed by atoms with Crippen LogP contribution in [0.25, 0.3) is 5.65 Å². The molecule has 2 heterocycles. The van der Waals surface area contributed by atoms with Crippen LogP contribution in [0.2, 0.25) is 0 Å². The van der Waals surface area contributed by atoms with Crippen molar-refractivity contribution >= 4 is 11.9 Å². The summed E-state index contributed by atoms with van der Waals surface area (Å²) in [5.41, 5.74) is 0.943. The van der Waals surface area contributed by atoms with Gasteiger partial charge in [0.15, 0.2) is 11.9 Å². The van der Waals surface area contributed by atoms with Crippen LogP contribution in [0.15, 0.2) is 18.3 Å². The van der Waals surface area contributed by atoms with Crippen molar-refractivity contribution in [2.24, 2.45) is 0 Å². The Morgan fingerprint density at radius 1 is 1.62 bits per heavy atom. The second-order valence-electron chi connectivity index (χ2n) is 2.44. The fourth-order valence-corrected chi connectivity index (χ4v) is 1.10. The van der Waals surface area contributed by atoms with Crippen LogP contribution >= 0.6 is 0 Å². The van der Waals surface area contributed by atoms with Crippen molar-refractivity contribution in [1.29, 1.82) is 0 Å². The molecule has 2 rings (SSSR count). The first-order valence-corrected chi connectivity index (χ1v) is 3.69. The van der Waals surface area contributed by atoms with Gasteiger partial charge in [-0.2, -0.15) is 9.61 Å². The quantitative estimate of drug-likeness (QED) is 0.628. The Kier molecular flexibility index (Phi) is 1.70. The topological polar surface area (TPSA) is 56.5 Å². The summed E-state index contributed by atoms with van der Waals surface area (Å²) in [5.74, 6) is 0.554. The Bertz CT molecular complexity index is 450. The molecule has 5 heteroatoms. The highest BCUT2D eigenvalue weighted by Gasteiger charge is 2.04. The summed E-state index contributed by atoms with van der Waals surface area (Å²) < 4.78 is 6.51. The van der Waals surface area contributed by atoms with Crippen molar-refractivity contribution in [2.45, 2.75) is 0 Å². The molecule has 0 aromatic carbocycles. The van der Waals surface area contributed by atoms with Gasteiger partial charge in [-0.1, -0.05) is 0 Å². The van der Waals surface area contributed by atoms with E-state index in [1.54, 1.807) is 18.3 Å². The number of ether oxygens (including phenoxy) is 1. The molecule has 0 atom stereocenters. The van der Waals surface area contributed by atoms with E-state index < -0.39 is 0 Å². The Morgan fingerprint density at radius 3 is 3.15 bits per heavy atom. The van der Waals surface area contributed by atoms with E-state index in [-0.39, 0.29) is 0 Å². The number of fused-ring (bicyclic) bond motifs is 1. The summed E-state index contributed by atoms with van der Waals surface area (Å²) in [5, 5.41) is 3.96. The van der Waals surface area contributed by atoms with Crippen LogP contribution < -0.4 is 4.74 Å². The highest BCUT2D eigenvalue weighted by atomic mass is 16.5. The molecule has 0 N–H and O–H groups in total. The zero-order chi connectivity index (χ0) is 9.26. The summed E-state index contributed by atoms with van der Waals surface area (Å²) >= 11 is 0. The molecule has 0 spiro atoms. The summed E-state index contributed by atoms with van der Waals surface area (Å²) in [7, 11) is 1.54. The third kappa shape index (κ3) is 1.14. The van der Waals surface area contributed by atoms with Crippen molar-refractivity contribution in [3.8, 4) is 5.88 Å². The van der Waals surface area contributed by atoms with Gasteiger partial charge in [0.05, 0.1) is 7.11 Å². The first kappa shape index (κ1) is 7.72. The normalized spacial score (nSPS) is 10.2. The summed E-state index contributed by atoms with van der Waals surface area (Å²) in [4.78, 5) is 14.5. The van der Waals surface area contributed by atoms with Gasteiger partial charge in [0.1, 0.15) is 5.69 Å². The third-order valence-corrected chi connectivity index (χ3v) is 1.67. The van der Waals surface area contributed by atoms with Gasteiger partial charge in [-0.3, -0.25) is 4.79 Å². The number of methoxy groups -OCH3 is 1. The molecule has 2 aromatic rings. The smallest absolute Gasteiger partial charge is 0.217 e. The number of carbonyl (C=O) groups excluding carboxylic acids is 1.